The van der Waals surface area contributed by atoms with Crippen LogP contribution in [0.4, 0.5) is 0 Å². The van der Waals surface area contributed by atoms with E-state index < -0.39 is 53.8 Å². The zero-order chi connectivity index (χ0) is 41.1. The molecule has 300 valence electrons. The van der Waals surface area contributed by atoms with Crippen molar-refractivity contribution in [1.29, 1.82) is 0 Å². The highest BCUT2D eigenvalue weighted by Crippen LogP contribution is 2.57. The Balaban J connectivity index is 1.47. The zero-order valence-corrected chi connectivity index (χ0v) is 34.6. The first kappa shape index (κ1) is 41.9. The molecule has 1 N–H and O–H groups in total. The SMILES string of the molecule is COc1ccc(C(OC[C@H]2O[C@@H](n3cc(C)c(=O)[nH]c3=O)C[C@@H]2OP(=O)(Oc2ccc(Cl)cc2Cl)C(=O)C(C)(C)C)(c2ccccc2)c2ccc(OC)cc2)cc1. The molecule has 0 saturated carbocycles. The van der Waals surface area contributed by atoms with Gasteiger partial charge >= 0.3 is 13.3 Å². The van der Waals surface area contributed by atoms with Crippen molar-refractivity contribution >= 4 is 36.3 Å². The number of ether oxygens (including phenoxy) is 4. The Kier molecular flexibility index (Phi) is 12.5. The lowest BCUT2D eigenvalue weighted by molar-refractivity contribution is -0.121. The number of methoxy groups -OCH3 is 2. The lowest BCUT2D eigenvalue weighted by Crippen LogP contribution is -2.39. The van der Waals surface area contributed by atoms with E-state index in [4.69, 9.17) is 51.2 Å². The first-order valence-corrected chi connectivity index (χ1v) is 20.3. The van der Waals surface area contributed by atoms with Gasteiger partial charge in [-0.1, -0.05) is 98.6 Å². The second-order valence-electron chi connectivity index (χ2n) is 14.5. The van der Waals surface area contributed by atoms with Crippen molar-refractivity contribution in [2.45, 2.75) is 58.2 Å². The number of carbonyl (C=O) groups is 1. The van der Waals surface area contributed by atoms with Crippen LogP contribution >= 0.6 is 30.8 Å². The van der Waals surface area contributed by atoms with E-state index in [9.17, 15) is 18.9 Å². The highest BCUT2D eigenvalue weighted by atomic mass is 35.5. The Hall–Kier alpha value is -4.68. The summed E-state index contributed by atoms with van der Waals surface area (Å²) in [5.41, 5.74) is -2.13. The summed E-state index contributed by atoms with van der Waals surface area (Å²) in [4.78, 5) is 41.9. The number of nitrogens with one attached hydrogen (secondary N) is 1. The van der Waals surface area contributed by atoms with Gasteiger partial charge in [0, 0.05) is 28.6 Å². The summed E-state index contributed by atoms with van der Waals surface area (Å²) in [6, 6.07) is 28.7. The Morgan fingerprint density at radius 3 is 2.00 bits per heavy atom. The molecule has 0 radical (unpaired) electrons. The van der Waals surface area contributed by atoms with E-state index in [1.165, 1.54) is 29.0 Å². The van der Waals surface area contributed by atoms with Crippen LogP contribution in [0.5, 0.6) is 17.2 Å². The Bertz CT molecular complexity index is 2330. The van der Waals surface area contributed by atoms with Crippen LogP contribution < -0.4 is 25.2 Å². The van der Waals surface area contributed by atoms with Crippen LogP contribution in [0.1, 0.15) is 55.7 Å². The van der Waals surface area contributed by atoms with Crippen LogP contribution in [0, 0.1) is 12.3 Å². The Morgan fingerprint density at radius 2 is 1.46 bits per heavy atom. The van der Waals surface area contributed by atoms with E-state index >= 15 is 0 Å². The fourth-order valence-corrected chi connectivity index (χ4v) is 9.13. The van der Waals surface area contributed by atoms with Gasteiger partial charge in [0.25, 0.3) is 11.1 Å². The monoisotopic (exact) mass is 836 g/mol. The molecule has 1 aromatic heterocycles. The molecule has 0 bridgehead atoms. The molecular formula is C42H43Cl2N2O10P. The number of hydrogen-bond donors (Lipinski definition) is 1. The first-order chi connectivity index (χ1) is 27.1. The van der Waals surface area contributed by atoms with Gasteiger partial charge in [-0.15, -0.1) is 0 Å². The lowest BCUT2D eigenvalue weighted by atomic mass is 9.80. The maximum absolute atomic E-state index is 14.9. The molecule has 1 unspecified atom stereocenters. The van der Waals surface area contributed by atoms with Gasteiger partial charge in [0.2, 0.25) is 0 Å². The maximum atomic E-state index is 14.9. The number of halogens is 2. The number of aromatic amines is 1. The zero-order valence-electron chi connectivity index (χ0n) is 32.2. The second kappa shape index (κ2) is 17.0. The van der Waals surface area contributed by atoms with E-state index in [1.807, 2.05) is 78.9 Å². The first-order valence-electron chi connectivity index (χ1n) is 18.0. The number of hydrogen-bond acceptors (Lipinski definition) is 10. The highest BCUT2D eigenvalue weighted by Gasteiger charge is 2.51. The molecular weight excluding hydrogens is 794 g/mol. The molecule has 4 aromatic carbocycles. The van der Waals surface area contributed by atoms with Crippen LogP contribution in [0.2, 0.25) is 10.0 Å². The minimum absolute atomic E-state index is 0.00959. The van der Waals surface area contributed by atoms with Crippen molar-refractivity contribution in [3.8, 4) is 17.2 Å². The van der Waals surface area contributed by atoms with E-state index in [0.717, 1.165) is 16.7 Å². The predicted molar refractivity (Wildman–Crippen MR) is 217 cm³/mol. The summed E-state index contributed by atoms with van der Waals surface area (Å²) in [5, 5.41) is 0.308. The number of rotatable bonds is 14. The molecule has 2 heterocycles. The number of nitrogens with zero attached hydrogens (tertiary/aromatic N) is 1. The van der Waals surface area contributed by atoms with E-state index in [2.05, 4.69) is 4.98 Å². The summed E-state index contributed by atoms with van der Waals surface area (Å²) < 4.78 is 53.1. The summed E-state index contributed by atoms with van der Waals surface area (Å²) >= 11 is 12.6. The molecule has 15 heteroatoms. The van der Waals surface area contributed by atoms with Gasteiger partial charge < -0.3 is 23.5 Å². The normalized spacial score (nSPS) is 18.1. The van der Waals surface area contributed by atoms with Gasteiger partial charge in [-0.3, -0.25) is 23.7 Å². The molecule has 5 aromatic rings. The number of H-pyrrole nitrogens is 1. The Labute approximate surface area is 340 Å². The molecule has 1 aliphatic rings. The van der Waals surface area contributed by atoms with Gasteiger partial charge in [0.05, 0.1) is 25.8 Å². The average Bonchev–Trinajstić information content (AvgIpc) is 3.59. The Morgan fingerprint density at radius 1 is 0.877 bits per heavy atom. The standard InChI is InChI=1S/C42H43Cl2N2O10P/c1-26-24-46(40(49)45-38(26)47)37-23-35(56-57(50,39(48)41(2,3)4)55-34-21-16-30(43)22-33(34)44)36(54-37)25-53-42(27-10-8-7-9-11-27,28-12-17-31(51-5)18-13-28)29-14-19-32(52-6)20-15-29/h7-22,24,35-37H,23,25H2,1-6H3,(H,45,47,49)/t35-,36+,37+,57?/m0/s1. The number of benzene rings is 4. The number of aryl methyl sites for hydroxylation is 1. The summed E-state index contributed by atoms with van der Waals surface area (Å²) in [5.74, 6) is 1.18. The smallest absolute Gasteiger partial charge is 0.447 e. The van der Waals surface area contributed by atoms with E-state index in [1.54, 1.807) is 41.9 Å². The maximum Gasteiger partial charge on any atom is 0.447 e. The van der Waals surface area contributed by atoms with Crippen LogP contribution in [0.15, 0.2) is 113 Å². The van der Waals surface area contributed by atoms with Crippen LogP contribution in [0.3, 0.4) is 0 Å². The molecule has 12 nitrogen and oxygen atoms in total. The molecule has 6 rings (SSSR count). The third-order valence-corrected chi connectivity index (χ3v) is 12.2. The average molecular weight is 838 g/mol. The molecule has 1 saturated heterocycles. The lowest BCUT2D eigenvalue weighted by Gasteiger charge is -2.37. The fourth-order valence-electron chi connectivity index (χ4n) is 6.59. The molecule has 1 fully saturated rings. The highest BCUT2D eigenvalue weighted by molar-refractivity contribution is 7.72. The minimum atomic E-state index is -4.76. The second-order valence-corrected chi connectivity index (χ2v) is 17.2. The van der Waals surface area contributed by atoms with E-state index in [-0.39, 0.29) is 29.4 Å². The van der Waals surface area contributed by atoms with Crippen LogP contribution in [-0.2, 0) is 29.0 Å². The summed E-state index contributed by atoms with van der Waals surface area (Å²) in [7, 11) is -1.60. The third kappa shape index (κ3) is 8.92. The topological polar surface area (TPSA) is 144 Å². The van der Waals surface area contributed by atoms with Crippen molar-refractivity contribution in [3.63, 3.8) is 0 Å². The van der Waals surface area contributed by atoms with Gasteiger partial charge in [0.1, 0.15) is 41.3 Å². The largest absolute Gasteiger partial charge is 0.497 e. The van der Waals surface area contributed by atoms with E-state index in [0.29, 0.717) is 16.5 Å². The van der Waals surface area contributed by atoms with Crippen molar-refractivity contribution in [3.05, 3.63) is 156 Å². The predicted octanol–water partition coefficient (Wildman–Crippen LogP) is 8.70. The van der Waals surface area contributed by atoms with Gasteiger partial charge in [-0.25, -0.2) is 9.36 Å². The molecule has 1 aliphatic heterocycles. The molecule has 0 amide bonds. The molecule has 4 atom stereocenters. The van der Waals surface area contributed by atoms with Crippen molar-refractivity contribution in [2.24, 2.45) is 5.41 Å². The van der Waals surface area contributed by atoms with Crippen LogP contribution in [-0.4, -0.2) is 48.1 Å². The van der Waals surface area contributed by atoms with Crippen LogP contribution in [0.25, 0.3) is 0 Å². The summed E-state index contributed by atoms with van der Waals surface area (Å²) in [6.07, 6.45) is -2.00. The third-order valence-electron chi connectivity index (χ3n) is 9.55. The van der Waals surface area contributed by atoms with Crippen molar-refractivity contribution < 1.29 is 37.4 Å². The molecule has 0 spiro atoms. The number of carbonyl (C=O) groups excluding carboxylic acids is 1. The number of aromatic nitrogens is 2. The molecule has 57 heavy (non-hydrogen) atoms. The quantitative estimate of drug-likeness (QED) is 0.0852. The fraction of sp³-hybridized carbons (Fsp3) is 0.310. The van der Waals surface area contributed by atoms with Gasteiger partial charge in [-0.2, -0.15) is 0 Å². The van der Waals surface area contributed by atoms with Gasteiger partial charge in [0.15, 0.2) is 0 Å². The van der Waals surface area contributed by atoms with Crippen molar-refractivity contribution in [1.82, 2.24) is 9.55 Å². The summed E-state index contributed by atoms with van der Waals surface area (Å²) in [6.45, 7) is 6.10. The van der Waals surface area contributed by atoms with Crippen molar-refractivity contribution in [2.75, 3.05) is 20.8 Å². The van der Waals surface area contributed by atoms with Gasteiger partial charge in [-0.05, 0) is 66.1 Å². The molecule has 0 aliphatic carbocycles. The minimum Gasteiger partial charge on any atom is -0.497 e.